The molecule has 0 unspecified atom stereocenters. The van der Waals surface area contributed by atoms with Gasteiger partial charge in [-0.05, 0) is 61.3 Å². The first-order valence-electron chi connectivity index (χ1n) is 6.58. The molecule has 1 aliphatic heterocycles. The van der Waals surface area contributed by atoms with E-state index in [1.54, 1.807) is 0 Å². The average Bonchev–Trinajstić information content (AvgIpc) is 2.43. The molecule has 98 valence electrons. The molecule has 0 bridgehead atoms. The minimum absolute atomic E-state index is 0.757. The van der Waals surface area contributed by atoms with Gasteiger partial charge in [0.2, 0.25) is 0 Å². The van der Waals surface area contributed by atoms with E-state index in [0.29, 0.717) is 0 Å². The van der Waals surface area contributed by atoms with E-state index in [0.717, 1.165) is 48.0 Å². The Hall–Kier alpha value is -1.51. The summed E-state index contributed by atoms with van der Waals surface area (Å²) in [5, 5.41) is 4.21. The number of hydrogen-bond acceptors (Lipinski definition) is 2. The van der Waals surface area contributed by atoms with E-state index in [1.807, 2.05) is 30.3 Å². The van der Waals surface area contributed by atoms with E-state index in [4.69, 9.17) is 16.3 Å². The van der Waals surface area contributed by atoms with Gasteiger partial charge in [0, 0.05) is 5.02 Å². The fourth-order valence-electron chi connectivity index (χ4n) is 2.34. The Morgan fingerprint density at radius 2 is 1.63 bits per heavy atom. The van der Waals surface area contributed by atoms with Crippen LogP contribution in [0.25, 0.3) is 0 Å². The summed E-state index contributed by atoms with van der Waals surface area (Å²) < 4.78 is 6.09. The van der Waals surface area contributed by atoms with Crippen LogP contribution in [-0.4, -0.2) is 13.1 Å². The van der Waals surface area contributed by atoms with Gasteiger partial charge in [0.25, 0.3) is 0 Å². The molecule has 3 rings (SSSR count). The van der Waals surface area contributed by atoms with E-state index in [2.05, 4.69) is 17.4 Å². The lowest BCUT2D eigenvalue weighted by Gasteiger charge is -2.17. The fraction of sp³-hybridized carbons (Fsp3) is 0.250. The van der Waals surface area contributed by atoms with Crippen LogP contribution in [0, 0.1) is 0 Å². The van der Waals surface area contributed by atoms with Crippen LogP contribution in [0.1, 0.15) is 11.1 Å². The molecule has 0 radical (unpaired) electrons. The molecule has 2 aromatic carbocycles. The molecule has 0 saturated carbocycles. The number of fused-ring (bicyclic) bond motifs is 2. The highest BCUT2D eigenvalue weighted by molar-refractivity contribution is 6.30. The van der Waals surface area contributed by atoms with Crippen LogP contribution in [0.3, 0.4) is 0 Å². The predicted molar refractivity (Wildman–Crippen MR) is 78.2 cm³/mol. The Bertz CT molecular complexity index is 583. The molecule has 0 aliphatic carbocycles. The minimum Gasteiger partial charge on any atom is -0.457 e. The van der Waals surface area contributed by atoms with Crippen LogP contribution in [-0.2, 0) is 12.8 Å². The molecule has 1 aliphatic rings. The molecule has 0 aromatic heterocycles. The second-order valence-corrected chi connectivity index (χ2v) is 5.15. The fourth-order valence-corrected chi connectivity index (χ4v) is 2.54. The Morgan fingerprint density at radius 1 is 0.895 bits per heavy atom. The lowest BCUT2D eigenvalue weighted by Crippen LogP contribution is -2.21. The summed E-state index contributed by atoms with van der Waals surface area (Å²) in [5.41, 5.74) is 2.38. The minimum atomic E-state index is 0.757. The summed E-state index contributed by atoms with van der Waals surface area (Å²) in [6, 6.07) is 14.0. The Balaban J connectivity index is 2.01. The van der Waals surface area contributed by atoms with Crippen LogP contribution in [0.5, 0.6) is 11.5 Å². The Kier molecular flexibility index (Phi) is 3.72. The SMILES string of the molecule is Clc1ccc2c(c1)CCNCCc1ccccc1O2. The maximum absolute atomic E-state index is 6.09. The third-order valence-corrected chi connectivity index (χ3v) is 3.59. The summed E-state index contributed by atoms with van der Waals surface area (Å²) in [7, 11) is 0. The second-order valence-electron chi connectivity index (χ2n) is 4.71. The van der Waals surface area contributed by atoms with Gasteiger partial charge in [0.15, 0.2) is 0 Å². The molecule has 0 atom stereocenters. The summed E-state index contributed by atoms with van der Waals surface area (Å²) >= 11 is 6.07. The van der Waals surface area contributed by atoms with Gasteiger partial charge in [-0.1, -0.05) is 29.8 Å². The monoisotopic (exact) mass is 273 g/mol. The number of nitrogens with one attached hydrogen (secondary N) is 1. The molecular weight excluding hydrogens is 258 g/mol. The van der Waals surface area contributed by atoms with Crippen molar-refractivity contribution in [3.8, 4) is 11.5 Å². The largest absolute Gasteiger partial charge is 0.457 e. The number of ether oxygens (including phenoxy) is 1. The molecule has 2 aromatic rings. The van der Waals surface area contributed by atoms with Crippen molar-refractivity contribution in [2.45, 2.75) is 12.8 Å². The maximum atomic E-state index is 6.09. The second kappa shape index (κ2) is 5.64. The third-order valence-electron chi connectivity index (χ3n) is 3.36. The highest BCUT2D eigenvalue weighted by Gasteiger charge is 2.10. The highest BCUT2D eigenvalue weighted by atomic mass is 35.5. The van der Waals surface area contributed by atoms with E-state index < -0.39 is 0 Å². The molecular formula is C16H16ClNO. The number of halogens is 1. The molecule has 3 heteroatoms. The van der Waals surface area contributed by atoms with Crippen molar-refractivity contribution in [2.75, 3.05) is 13.1 Å². The van der Waals surface area contributed by atoms with Gasteiger partial charge in [0.05, 0.1) is 0 Å². The average molecular weight is 274 g/mol. The van der Waals surface area contributed by atoms with E-state index in [1.165, 1.54) is 5.56 Å². The van der Waals surface area contributed by atoms with E-state index in [9.17, 15) is 0 Å². The Labute approximate surface area is 118 Å². The molecule has 0 saturated heterocycles. The van der Waals surface area contributed by atoms with Crippen molar-refractivity contribution in [1.29, 1.82) is 0 Å². The van der Waals surface area contributed by atoms with Crippen molar-refractivity contribution < 1.29 is 4.74 Å². The normalized spacial score (nSPS) is 15.0. The lowest BCUT2D eigenvalue weighted by molar-refractivity contribution is 0.464. The van der Waals surface area contributed by atoms with Crippen LogP contribution in [0.4, 0.5) is 0 Å². The van der Waals surface area contributed by atoms with Crippen molar-refractivity contribution in [3.63, 3.8) is 0 Å². The standard InChI is InChI=1S/C16H16ClNO/c17-14-5-6-16-13(11-14)8-10-18-9-7-12-3-1-2-4-15(12)19-16/h1-6,11,18H,7-10H2. The predicted octanol–water partition coefficient (Wildman–Crippen LogP) is 3.82. The maximum Gasteiger partial charge on any atom is 0.130 e. The molecule has 19 heavy (non-hydrogen) atoms. The Morgan fingerprint density at radius 3 is 2.53 bits per heavy atom. The van der Waals surface area contributed by atoms with Gasteiger partial charge in [0.1, 0.15) is 11.5 Å². The number of rotatable bonds is 0. The zero-order valence-corrected chi connectivity index (χ0v) is 11.4. The molecule has 0 amide bonds. The summed E-state index contributed by atoms with van der Waals surface area (Å²) in [5.74, 6) is 1.84. The summed E-state index contributed by atoms with van der Waals surface area (Å²) in [4.78, 5) is 0. The van der Waals surface area contributed by atoms with Gasteiger partial charge >= 0.3 is 0 Å². The first-order chi connectivity index (χ1) is 9.33. The van der Waals surface area contributed by atoms with Crippen molar-refractivity contribution in [2.24, 2.45) is 0 Å². The topological polar surface area (TPSA) is 21.3 Å². The molecule has 1 heterocycles. The van der Waals surface area contributed by atoms with Crippen LogP contribution < -0.4 is 10.1 Å². The molecule has 1 N–H and O–H groups in total. The zero-order chi connectivity index (χ0) is 13.1. The molecule has 2 nitrogen and oxygen atoms in total. The van der Waals surface area contributed by atoms with E-state index >= 15 is 0 Å². The van der Waals surface area contributed by atoms with Gasteiger partial charge in [-0.25, -0.2) is 0 Å². The van der Waals surface area contributed by atoms with Crippen LogP contribution in [0.2, 0.25) is 5.02 Å². The van der Waals surface area contributed by atoms with Gasteiger partial charge in [-0.3, -0.25) is 0 Å². The van der Waals surface area contributed by atoms with E-state index in [-0.39, 0.29) is 0 Å². The van der Waals surface area contributed by atoms with Crippen molar-refractivity contribution in [3.05, 3.63) is 58.6 Å². The number of hydrogen-bond donors (Lipinski definition) is 1. The van der Waals surface area contributed by atoms with Crippen LogP contribution >= 0.6 is 11.6 Å². The van der Waals surface area contributed by atoms with Crippen molar-refractivity contribution in [1.82, 2.24) is 5.32 Å². The number of benzene rings is 2. The zero-order valence-electron chi connectivity index (χ0n) is 10.7. The van der Waals surface area contributed by atoms with Gasteiger partial charge in [-0.15, -0.1) is 0 Å². The summed E-state index contributed by atoms with van der Waals surface area (Å²) in [6.45, 7) is 1.91. The van der Waals surface area contributed by atoms with Gasteiger partial charge < -0.3 is 10.1 Å². The van der Waals surface area contributed by atoms with Crippen molar-refractivity contribution >= 4 is 11.6 Å². The summed E-state index contributed by atoms with van der Waals surface area (Å²) in [6.07, 6.45) is 1.91. The quantitative estimate of drug-likeness (QED) is 0.788. The van der Waals surface area contributed by atoms with Gasteiger partial charge in [-0.2, -0.15) is 0 Å². The lowest BCUT2D eigenvalue weighted by atomic mass is 10.1. The highest BCUT2D eigenvalue weighted by Crippen LogP contribution is 2.30. The smallest absolute Gasteiger partial charge is 0.130 e. The first-order valence-corrected chi connectivity index (χ1v) is 6.95. The molecule has 0 fully saturated rings. The van der Waals surface area contributed by atoms with Crippen LogP contribution in [0.15, 0.2) is 42.5 Å². The first kappa shape index (κ1) is 12.5. The molecule has 0 spiro atoms. The third kappa shape index (κ3) is 2.91. The number of para-hydroxylation sites is 1.